The van der Waals surface area contributed by atoms with E-state index in [2.05, 4.69) is 10.4 Å². The first-order valence-electron chi connectivity index (χ1n) is 8.05. The maximum Gasteiger partial charge on any atom is 0.256 e. The van der Waals surface area contributed by atoms with E-state index in [9.17, 15) is 4.79 Å². The molecule has 0 saturated carbocycles. The molecule has 0 aliphatic carbocycles. The molecular weight excluding hydrogens is 322 g/mol. The highest BCUT2D eigenvalue weighted by Crippen LogP contribution is 2.17. The SMILES string of the molecule is C[C@@H](NCC(=O)N1CCC(c2ccccc2)=N1)c1ccc(Cl)cc1. The van der Waals surface area contributed by atoms with Crippen molar-refractivity contribution in [2.45, 2.75) is 19.4 Å². The van der Waals surface area contributed by atoms with Crippen molar-refractivity contribution in [2.75, 3.05) is 13.1 Å². The number of rotatable bonds is 5. The van der Waals surface area contributed by atoms with E-state index in [1.54, 1.807) is 5.01 Å². The van der Waals surface area contributed by atoms with Crippen LogP contribution in [0.25, 0.3) is 0 Å². The molecule has 0 saturated heterocycles. The second-order valence-electron chi connectivity index (χ2n) is 5.83. The number of amides is 1. The third kappa shape index (κ3) is 4.02. The minimum absolute atomic E-state index is 0.0123. The largest absolute Gasteiger partial charge is 0.302 e. The first-order valence-corrected chi connectivity index (χ1v) is 8.43. The summed E-state index contributed by atoms with van der Waals surface area (Å²) in [6.07, 6.45) is 0.794. The Hall–Kier alpha value is -2.17. The van der Waals surface area contributed by atoms with Crippen molar-refractivity contribution in [3.63, 3.8) is 0 Å². The molecule has 2 aromatic rings. The molecule has 0 bridgehead atoms. The lowest BCUT2D eigenvalue weighted by atomic mass is 10.1. The van der Waals surface area contributed by atoms with Crippen LogP contribution in [0.15, 0.2) is 59.7 Å². The van der Waals surface area contributed by atoms with Crippen LogP contribution in [-0.4, -0.2) is 29.7 Å². The average molecular weight is 342 g/mol. The number of hydrogen-bond donors (Lipinski definition) is 1. The number of carbonyl (C=O) groups excluding carboxylic acids is 1. The van der Waals surface area contributed by atoms with E-state index >= 15 is 0 Å². The van der Waals surface area contributed by atoms with Crippen LogP contribution in [0.2, 0.25) is 5.02 Å². The Kier molecular flexibility index (Phi) is 5.28. The molecule has 2 aromatic carbocycles. The van der Waals surface area contributed by atoms with Gasteiger partial charge in [-0.15, -0.1) is 0 Å². The van der Waals surface area contributed by atoms with E-state index in [1.807, 2.05) is 61.5 Å². The van der Waals surface area contributed by atoms with Crippen LogP contribution in [0, 0.1) is 0 Å². The zero-order valence-electron chi connectivity index (χ0n) is 13.6. The Morgan fingerprint density at radius 2 is 1.92 bits per heavy atom. The fourth-order valence-corrected chi connectivity index (χ4v) is 2.80. The summed E-state index contributed by atoms with van der Waals surface area (Å²) in [7, 11) is 0. The Morgan fingerprint density at radius 1 is 1.21 bits per heavy atom. The number of hydrogen-bond acceptors (Lipinski definition) is 3. The van der Waals surface area contributed by atoms with Gasteiger partial charge in [0.2, 0.25) is 0 Å². The van der Waals surface area contributed by atoms with E-state index in [4.69, 9.17) is 11.6 Å². The van der Waals surface area contributed by atoms with Crippen LogP contribution in [0.4, 0.5) is 0 Å². The molecule has 1 amide bonds. The monoisotopic (exact) mass is 341 g/mol. The zero-order chi connectivity index (χ0) is 16.9. The minimum Gasteiger partial charge on any atom is -0.302 e. The van der Waals surface area contributed by atoms with Crippen molar-refractivity contribution < 1.29 is 4.79 Å². The third-order valence-corrected chi connectivity index (χ3v) is 4.38. The quantitative estimate of drug-likeness (QED) is 0.902. The summed E-state index contributed by atoms with van der Waals surface area (Å²) in [5.74, 6) is -0.0123. The van der Waals surface area contributed by atoms with E-state index in [0.717, 1.165) is 23.3 Å². The summed E-state index contributed by atoms with van der Waals surface area (Å²) >= 11 is 5.90. The molecule has 4 nitrogen and oxygen atoms in total. The fraction of sp³-hybridized carbons (Fsp3) is 0.263. The summed E-state index contributed by atoms with van der Waals surface area (Å²) in [4.78, 5) is 12.3. The van der Waals surface area contributed by atoms with Crippen LogP contribution in [-0.2, 0) is 4.79 Å². The van der Waals surface area contributed by atoms with Gasteiger partial charge in [0, 0.05) is 17.5 Å². The van der Waals surface area contributed by atoms with Gasteiger partial charge in [0.1, 0.15) is 0 Å². The Morgan fingerprint density at radius 3 is 2.62 bits per heavy atom. The summed E-state index contributed by atoms with van der Waals surface area (Å²) in [6.45, 7) is 2.93. The van der Waals surface area contributed by atoms with Crippen LogP contribution < -0.4 is 5.32 Å². The molecule has 0 aromatic heterocycles. The molecule has 1 aliphatic heterocycles. The van der Waals surface area contributed by atoms with Gasteiger partial charge in [0.05, 0.1) is 18.8 Å². The van der Waals surface area contributed by atoms with Crippen LogP contribution >= 0.6 is 11.6 Å². The standard InChI is InChI=1S/C19H20ClN3O/c1-14(15-7-9-17(20)10-8-15)21-13-19(24)23-12-11-18(22-23)16-5-3-2-4-6-16/h2-10,14,21H,11-13H2,1H3/t14-/m1/s1. The number of hydrazone groups is 1. The summed E-state index contributed by atoms with van der Waals surface area (Å²) in [6, 6.07) is 17.7. The Labute approximate surface area is 147 Å². The van der Waals surface area contributed by atoms with Gasteiger partial charge < -0.3 is 5.32 Å². The molecule has 0 spiro atoms. The lowest BCUT2D eigenvalue weighted by molar-refractivity contribution is -0.129. The van der Waals surface area contributed by atoms with Crippen molar-refractivity contribution in [2.24, 2.45) is 5.10 Å². The van der Waals surface area contributed by atoms with Gasteiger partial charge >= 0.3 is 0 Å². The normalized spacial score (nSPS) is 15.2. The van der Waals surface area contributed by atoms with Crippen molar-refractivity contribution in [1.82, 2.24) is 10.3 Å². The molecule has 0 unspecified atom stereocenters. The smallest absolute Gasteiger partial charge is 0.256 e. The van der Waals surface area contributed by atoms with Gasteiger partial charge in [-0.3, -0.25) is 4.79 Å². The predicted octanol–water partition coefficient (Wildman–Crippen LogP) is 3.63. The lowest BCUT2D eigenvalue weighted by Crippen LogP contribution is -2.34. The number of benzene rings is 2. The first-order chi connectivity index (χ1) is 11.6. The van der Waals surface area contributed by atoms with Gasteiger partial charge in [-0.2, -0.15) is 5.10 Å². The Balaban J connectivity index is 1.56. The number of nitrogens with one attached hydrogen (secondary N) is 1. The molecule has 1 heterocycles. The molecule has 3 rings (SSSR count). The van der Waals surface area contributed by atoms with E-state index in [-0.39, 0.29) is 18.5 Å². The van der Waals surface area contributed by atoms with E-state index in [1.165, 1.54) is 0 Å². The molecule has 0 radical (unpaired) electrons. The third-order valence-electron chi connectivity index (χ3n) is 4.13. The average Bonchev–Trinajstić information content (AvgIpc) is 3.11. The van der Waals surface area contributed by atoms with Crippen LogP contribution in [0.5, 0.6) is 0 Å². The minimum atomic E-state index is -0.0123. The van der Waals surface area contributed by atoms with E-state index < -0.39 is 0 Å². The van der Waals surface area contributed by atoms with Gasteiger partial charge in [0.15, 0.2) is 0 Å². The van der Waals surface area contributed by atoms with Crippen molar-refractivity contribution in [3.8, 4) is 0 Å². The summed E-state index contributed by atoms with van der Waals surface area (Å²) in [5.41, 5.74) is 3.15. The molecule has 1 N–H and O–H groups in total. The molecule has 5 heteroatoms. The fourth-order valence-electron chi connectivity index (χ4n) is 2.67. The molecular formula is C19H20ClN3O. The predicted molar refractivity (Wildman–Crippen MR) is 97.2 cm³/mol. The van der Waals surface area contributed by atoms with Crippen molar-refractivity contribution in [3.05, 3.63) is 70.7 Å². The molecule has 24 heavy (non-hydrogen) atoms. The van der Waals surface area contributed by atoms with Gasteiger partial charge in [-0.25, -0.2) is 5.01 Å². The van der Waals surface area contributed by atoms with Gasteiger partial charge in [-0.1, -0.05) is 54.1 Å². The number of nitrogens with zero attached hydrogens (tertiary/aromatic N) is 2. The highest BCUT2D eigenvalue weighted by Gasteiger charge is 2.21. The highest BCUT2D eigenvalue weighted by molar-refractivity contribution is 6.30. The lowest BCUT2D eigenvalue weighted by Gasteiger charge is -2.16. The number of halogens is 1. The molecule has 1 atom stereocenters. The zero-order valence-corrected chi connectivity index (χ0v) is 14.3. The highest BCUT2D eigenvalue weighted by atomic mass is 35.5. The molecule has 0 fully saturated rings. The topological polar surface area (TPSA) is 44.7 Å². The number of carbonyl (C=O) groups is 1. The summed E-state index contributed by atoms with van der Waals surface area (Å²) in [5, 5.41) is 9.98. The second-order valence-corrected chi connectivity index (χ2v) is 6.27. The maximum atomic E-state index is 12.3. The summed E-state index contributed by atoms with van der Waals surface area (Å²) < 4.78 is 0. The maximum absolute atomic E-state index is 12.3. The molecule has 1 aliphatic rings. The van der Waals surface area contributed by atoms with Crippen molar-refractivity contribution >= 4 is 23.2 Å². The second kappa shape index (κ2) is 7.60. The van der Waals surface area contributed by atoms with Crippen LogP contribution in [0.3, 0.4) is 0 Å². The first kappa shape index (κ1) is 16.7. The van der Waals surface area contributed by atoms with Crippen LogP contribution in [0.1, 0.15) is 30.5 Å². The van der Waals surface area contributed by atoms with Gasteiger partial charge in [0.25, 0.3) is 5.91 Å². The Bertz CT molecular complexity index is 728. The van der Waals surface area contributed by atoms with E-state index in [0.29, 0.717) is 11.6 Å². The van der Waals surface area contributed by atoms with Crippen molar-refractivity contribution in [1.29, 1.82) is 0 Å². The van der Waals surface area contributed by atoms with Gasteiger partial charge in [-0.05, 0) is 30.2 Å². The molecule has 124 valence electrons.